The first-order chi connectivity index (χ1) is 11.2. The molecule has 4 rings (SSSR count). The molecule has 0 saturated heterocycles. The van der Waals surface area contributed by atoms with Crippen molar-refractivity contribution >= 4 is 5.97 Å². The van der Waals surface area contributed by atoms with Crippen molar-refractivity contribution < 1.29 is 28.8 Å². The van der Waals surface area contributed by atoms with Crippen LogP contribution in [0, 0.1) is 0 Å². The second-order valence-corrected chi connectivity index (χ2v) is 5.31. The van der Waals surface area contributed by atoms with Gasteiger partial charge in [-0.05, 0) is 18.2 Å². The van der Waals surface area contributed by atoms with Crippen LogP contribution in [-0.4, -0.2) is 30.6 Å². The number of carbonyl (C=O) groups excluding carboxylic acids is 1. The van der Waals surface area contributed by atoms with Gasteiger partial charge >= 0.3 is 5.97 Å². The number of hydrogen-bond acceptors (Lipinski definition) is 6. The van der Waals surface area contributed by atoms with E-state index in [1.54, 1.807) is 36.4 Å². The van der Waals surface area contributed by atoms with Gasteiger partial charge in [-0.25, -0.2) is 4.79 Å². The molecule has 23 heavy (non-hydrogen) atoms. The van der Waals surface area contributed by atoms with Crippen molar-refractivity contribution in [2.24, 2.45) is 0 Å². The molecule has 6 nitrogen and oxygen atoms in total. The molecule has 0 amide bonds. The van der Waals surface area contributed by atoms with Crippen molar-refractivity contribution in [3.63, 3.8) is 0 Å². The summed E-state index contributed by atoms with van der Waals surface area (Å²) in [4.78, 5) is 12.3. The first-order valence-corrected chi connectivity index (χ1v) is 7.23. The third-order valence-electron chi connectivity index (χ3n) is 3.81. The molecular formula is C17H14O6. The number of aliphatic hydroxyl groups is 1. The Kier molecular flexibility index (Phi) is 3.31. The maximum absolute atomic E-state index is 12.3. The lowest BCUT2D eigenvalue weighted by atomic mass is 10.00. The Morgan fingerprint density at radius 1 is 1.04 bits per heavy atom. The zero-order valence-electron chi connectivity index (χ0n) is 12.1. The van der Waals surface area contributed by atoms with Crippen molar-refractivity contribution in [3.05, 3.63) is 53.6 Å². The molecule has 6 heteroatoms. The van der Waals surface area contributed by atoms with Crippen LogP contribution < -0.4 is 14.2 Å². The van der Waals surface area contributed by atoms with Gasteiger partial charge < -0.3 is 24.1 Å². The lowest BCUT2D eigenvalue weighted by Gasteiger charge is -2.30. The van der Waals surface area contributed by atoms with E-state index in [0.717, 1.165) is 0 Å². The van der Waals surface area contributed by atoms with Gasteiger partial charge in [0.15, 0.2) is 17.6 Å². The van der Waals surface area contributed by atoms with Crippen molar-refractivity contribution in [3.8, 4) is 17.2 Å². The van der Waals surface area contributed by atoms with Gasteiger partial charge in [-0.3, -0.25) is 0 Å². The Balaban J connectivity index is 1.65. The number of ether oxygens (including phenoxy) is 4. The highest BCUT2D eigenvalue weighted by atomic mass is 16.7. The Labute approximate surface area is 132 Å². The van der Waals surface area contributed by atoms with Gasteiger partial charge in [-0.15, -0.1) is 0 Å². The zero-order chi connectivity index (χ0) is 15.8. The number of aliphatic hydroxyl groups excluding tert-OH is 1. The molecule has 2 aromatic rings. The minimum Gasteiger partial charge on any atom is -0.490 e. The summed E-state index contributed by atoms with van der Waals surface area (Å²) in [5.74, 6) is 1.14. The summed E-state index contributed by atoms with van der Waals surface area (Å²) in [6.45, 7) is 0.175. The number of hydrogen-bond donors (Lipinski definition) is 1. The lowest BCUT2D eigenvalue weighted by Crippen LogP contribution is -2.33. The van der Waals surface area contributed by atoms with E-state index in [4.69, 9.17) is 18.9 Å². The molecule has 2 aliphatic heterocycles. The smallest absolute Gasteiger partial charge is 0.338 e. The molecular weight excluding hydrogens is 300 g/mol. The van der Waals surface area contributed by atoms with Gasteiger partial charge in [-0.2, -0.15) is 0 Å². The lowest BCUT2D eigenvalue weighted by molar-refractivity contribution is -0.0465. The molecule has 2 heterocycles. The van der Waals surface area contributed by atoms with Crippen LogP contribution in [0.15, 0.2) is 42.5 Å². The third-order valence-corrected chi connectivity index (χ3v) is 3.81. The second-order valence-electron chi connectivity index (χ2n) is 5.31. The molecule has 0 aromatic heterocycles. The molecule has 0 spiro atoms. The molecule has 0 saturated carbocycles. The minimum absolute atomic E-state index is 0.0411. The fourth-order valence-electron chi connectivity index (χ4n) is 2.66. The number of fused-ring (bicyclic) bond motifs is 2. The minimum atomic E-state index is -0.949. The summed E-state index contributed by atoms with van der Waals surface area (Å²) >= 11 is 0. The molecule has 118 valence electrons. The zero-order valence-corrected chi connectivity index (χ0v) is 12.1. The van der Waals surface area contributed by atoms with E-state index >= 15 is 0 Å². The van der Waals surface area contributed by atoms with Gasteiger partial charge in [0.05, 0.1) is 5.56 Å². The number of esters is 1. The quantitative estimate of drug-likeness (QED) is 0.855. The van der Waals surface area contributed by atoms with E-state index in [9.17, 15) is 9.90 Å². The van der Waals surface area contributed by atoms with Gasteiger partial charge in [0.2, 0.25) is 6.79 Å². The monoisotopic (exact) mass is 314 g/mol. The summed E-state index contributed by atoms with van der Waals surface area (Å²) in [5, 5.41) is 10.2. The van der Waals surface area contributed by atoms with Crippen LogP contribution in [0.2, 0.25) is 0 Å². The van der Waals surface area contributed by atoms with Crippen molar-refractivity contribution in [1.29, 1.82) is 0 Å². The van der Waals surface area contributed by atoms with Gasteiger partial charge in [0.25, 0.3) is 0 Å². The molecule has 0 unspecified atom stereocenters. The molecule has 2 atom stereocenters. The van der Waals surface area contributed by atoms with E-state index in [-0.39, 0.29) is 13.4 Å². The molecule has 0 radical (unpaired) electrons. The highest BCUT2D eigenvalue weighted by Gasteiger charge is 2.35. The fourth-order valence-corrected chi connectivity index (χ4v) is 2.66. The summed E-state index contributed by atoms with van der Waals surface area (Å²) in [7, 11) is 0. The summed E-state index contributed by atoms with van der Waals surface area (Å²) in [6, 6.07) is 12.0. The molecule has 2 aliphatic rings. The maximum Gasteiger partial charge on any atom is 0.338 e. The SMILES string of the molecule is O=C(O[C@@H]1c2cc3c(cc2OC[C@H]1O)OCO3)c1ccccc1. The first-order valence-electron chi connectivity index (χ1n) is 7.23. The average Bonchev–Trinajstić information content (AvgIpc) is 3.04. The van der Waals surface area contributed by atoms with Crippen LogP contribution >= 0.6 is 0 Å². The Morgan fingerprint density at radius 2 is 1.78 bits per heavy atom. The van der Waals surface area contributed by atoms with Crippen LogP contribution in [0.5, 0.6) is 17.2 Å². The second kappa shape index (κ2) is 5.48. The number of benzene rings is 2. The maximum atomic E-state index is 12.3. The van der Waals surface area contributed by atoms with Gasteiger partial charge in [0, 0.05) is 11.6 Å². The molecule has 0 bridgehead atoms. The molecule has 0 aliphatic carbocycles. The molecule has 1 N–H and O–H groups in total. The van der Waals surface area contributed by atoms with E-state index in [2.05, 4.69) is 0 Å². The first kappa shape index (κ1) is 13.9. The number of carbonyl (C=O) groups is 1. The third kappa shape index (κ3) is 2.47. The molecule has 0 fully saturated rings. The van der Waals surface area contributed by atoms with Gasteiger partial charge in [-0.1, -0.05) is 18.2 Å². The van der Waals surface area contributed by atoms with E-state index in [0.29, 0.717) is 28.4 Å². The summed E-state index contributed by atoms with van der Waals surface area (Å²) in [5.41, 5.74) is 0.991. The number of rotatable bonds is 2. The summed E-state index contributed by atoms with van der Waals surface area (Å²) < 4.78 is 21.7. The predicted molar refractivity (Wildman–Crippen MR) is 78.7 cm³/mol. The molecule has 2 aromatic carbocycles. The van der Waals surface area contributed by atoms with E-state index in [1.807, 2.05) is 6.07 Å². The van der Waals surface area contributed by atoms with Crippen LogP contribution in [0.4, 0.5) is 0 Å². The van der Waals surface area contributed by atoms with Crippen molar-refractivity contribution in [1.82, 2.24) is 0 Å². The van der Waals surface area contributed by atoms with Crippen LogP contribution in [-0.2, 0) is 4.74 Å². The Morgan fingerprint density at radius 3 is 2.57 bits per heavy atom. The standard InChI is InChI=1S/C17H14O6/c18-12-8-20-13-7-15-14(21-9-22-15)6-11(13)16(12)23-17(19)10-4-2-1-3-5-10/h1-7,12,16,18H,8-9H2/t12-,16-/m1/s1. The fraction of sp³-hybridized carbons (Fsp3) is 0.235. The Bertz CT molecular complexity index is 742. The van der Waals surface area contributed by atoms with Crippen LogP contribution in [0.3, 0.4) is 0 Å². The van der Waals surface area contributed by atoms with Crippen LogP contribution in [0.1, 0.15) is 22.0 Å². The van der Waals surface area contributed by atoms with E-state index < -0.39 is 18.2 Å². The van der Waals surface area contributed by atoms with Gasteiger partial charge in [0.1, 0.15) is 18.5 Å². The van der Waals surface area contributed by atoms with Crippen LogP contribution in [0.25, 0.3) is 0 Å². The highest BCUT2D eigenvalue weighted by Crippen LogP contribution is 2.44. The normalized spacial score (nSPS) is 21.3. The average molecular weight is 314 g/mol. The van der Waals surface area contributed by atoms with Crippen molar-refractivity contribution in [2.45, 2.75) is 12.2 Å². The van der Waals surface area contributed by atoms with E-state index in [1.165, 1.54) is 0 Å². The predicted octanol–water partition coefficient (Wildman–Crippen LogP) is 2.07. The Hall–Kier alpha value is -2.73. The summed E-state index contributed by atoms with van der Waals surface area (Å²) in [6.07, 6.45) is -1.77. The topological polar surface area (TPSA) is 74.2 Å². The largest absolute Gasteiger partial charge is 0.490 e. The highest BCUT2D eigenvalue weighted by molar-refractivity contribution is 5.89. The van der Waals surface area contributed by atoms with Crippen molar-refractivity contribution in [2.75, 3.05) is 13.4 Å².